The van der Waals surface area contributed by atoms with Gasteiger partial charge in [-0.3, -0.25) is 9.59 Å². The molecular formula is C17H13N5O3. The molecule has 0 amide bonds. The highest BCUT2D eigenvalue weighted by molar-refractivity contribution is 5.99. The van der Waals surface area contributed by atoms with Gasteiger partial charge >= 0.3 is 0 Å². The molecule has 1 atom stereocenters. The molecule has 1 aliphatic heterocycles. The summed E-state index contributed by atoms with van der Waals surface area (Å²) < 4.78 is 7.12. The molecule has 124 valence electrons. The number of aromatic nitrogens is 4. The molecule has 0 bridgehead atoms. The maximum Gasteiger partial charge on any atom is 0.248 e. The summed E-state index contributed by atoms with van der Waals surface area (Å²) in [5, 5.41) is 15.2. The fraction of sp³-hybridized carbons (Fsp3) is 0.235. The van der Waals surface area contributed by atoms with Gasteiger partial charge in [-0.2, -0.15) is 4.68 Å². The molecule has 0 fully saturated rings. The van der Waals surface area contributed by atoms with E-state index in [-0.39, 0.29) is 11.2 Å². The van der Waals surface area contributed by atoms with Crippen molar-refractivity contribution in [3.05, 3.63) is 57.6 Å². The Morgan fingerprint density at radius 1 is 1.20 bits per heavy atom. The van der Waals surface area contributed by atoms with Crippen molar-refractivity contribution >= 4 is 22.7 Å². The van der Waals surface area contributed by atoms with Crippen LogP contribution in [0.4, 0.5) is 5.95 Å². The van der Waals surface area contributed by atoms with Gasteiger partial charge in [0.2, 0.25) is 5.95 Å². The van der Waals surface area contributed by atoms with E-state index < -0.39 is 6.04 Å². The van der Waals surface area contributed by atoms with Crippen LogP contribution in [-0.2, 0) is 4.79 Å². The van der Waals surface area contributed by atoms with E-state index in [1.165, 1.54) is 10.9 Å². The zero-order valence-electron chi connectivity index (χ0n) is 13.1. The molecule has 25 heavy (non-hydrogen) atoms. The minimum atomic E-state index is -0.671. The molecule has 1 aromatic carbocycles. The first-order valence-corrected chi connectivity index (χ1v) is 8.05. The Hall–Kier alpha value is -3.29. The number of fused-ring (bicyclic) bond motifs is 2. The minimum absolute atomic E-state index is 0.00691. The lowest BCUT2D eigenvalue weighted by Gasteiger charge is -2.30. The Kier molecular flexibility index (Phi) is 2.87. The number of carbonyl (C=O) groups excluding carboxylic acids is 1. The van der Waals surface area contributed by atoms with E-state index in [0.29, 0.717) is 34.5 Å². The highest BCUT2D eigenvalue weighted by Gasteiger charge is 2.38. The van der Waals surface area contributed by atoms with Crippen molar-refractivity contribution in [3.63, 3.8) is 0 Å². The van der Waals surface area contributed by atoms with Gasteiger partial charge in [-0.15, -0.1) is 0 Å². The first kappa shape index (κ1) is 14.1. The standard InChI is InChI=1S/C17H13N5O3/c23-12-6-3-5-11-14(12)15(22-17(18-11)19-20-21-22)10-8-25-13-7-2-1-4-9(13)16(10)24/h1-2,4,7-8,15H,3,5-6H2,(H,18,19,21)/t15-/m0/s1. The number of allylic oxidation sites excluding steroid dienone is 2. The van der Waals surface area contributed by atoms with Gasteiger partial charge in [0.15, 0.2) is 11.2 Å². The van der Waals surface area contributed by atoms with E-state index in [9.17, 15) is 9.59 Å². The van der Waals surface area contributed by atoms with E-state index in [1.54, 1.807) is 24.3 Å². The molecule has 0 radical (unpaired) electrons. The molecule has 5 rings (SSSR count). The smallest absolute Gasteiger partial charge is 0.248 e. The average Bonchev–Trinajstić information content (AvgIpc) is 3.09. The number of hydrogen-bond donors (Lipinski definition) is 1. The van der Waals surface area contributed by atoms with Crippen LogP contribution in [0.3, 0.4) is 0 Å². The predicted molar refractivity (Wildman–Crippen MR) is 87.9 cm³/mol. The van der Waals surface area contributed by atoms with Gasteiger partial charge in [-0.25, -0.2) is 0 Å². The number of Topliss-reactive ketones (excluding diaryl/α,β-unsaturated/α-hetero) is 1. The SMILES string of the molecule is O=C1CCCC2=C1[C@H](c1coc3ccccc3c1=O)n1nnnc1N2. The lowest BCUT2D eigenvalue weighted by Crippen LogP contribution is -2.34. The first-order chi connectivity index (χ1) is 12.2. The summed E-state index contributed by atoms with van der Waals surface area (Å²) in [6.07, 6.45) is 3.36. The van der Waals surface area contributed by atoms with Crippen LogP contribution in [0.2, 0.25) is 0 Å². The fourth-order valence-electron chi connectivity index (χ4n) is 3.59. The van der Waals surface area contributed by atoms with Crippen LogP contribution in [0.1, 0.15) is 30.9 Å². The molecule has 1 aliphatic carbocycles. The van der Waals surface area contributed by atoms with Crippen molar-refractivity contribution in [1.29, 1.82) is 0 Å². The zero-order chi connectivity index (χ0) is 17.0. The number of benzene rings is 1. The Balaban J connectivity index is 1.80. The summed E-state index contributed by atoms with van der Waals surface area (Å²) >= 11 is 0. The fourth-order valence-corrected chi connectivity index (χ4v) is 3.59. The van der Waals surface area contributed by atoms with Crippen molar-refractivity contribution < 1.29 is 9.21 Å². The maximum atomic E-state index is 13.0. The van der Waals surface area contributed by atoms with Crippen LogP contribution < -0.4 is 10.7 Å². The van der Waals surface area contributed by atoms with Crippen LogP contribution in [0.5, 0.6) is 0 Å². The summed E-state index contributed by atoms with van der Waals surface area (Å²) in [5.41, 5.74) is 2.02. The molecule has 2 aromatic heterocycles. The van der Waals surface area contributed by atoms with Gasteiger partial charge in [0.1, 0.15) is 17.9 Å². The van der Waals surface area contributed by atoms with Crippen molar-refractivity contribution in [2.24, 2.45) is 0 Å². The Morgan fingerprint density at radius 2 is 2.08 bits per heavy atom. The second-order valence-corrected chi connectivity index (χ2v) is 6.16. The monoisotopic (exact) mass is 335 g/mol. The molecular weight excluding hydrogens is 322 g/mol. The minimum Gasteiger partial charge on any atom is -0.464 e. The molecule has 0 unspecified atom stereocenters. The zero-order valence-corrected chi connectivity index (χ0v) is 13.1. The summed E-state index contributed by atoms with van der Waals surface area (Å²) in [6.45, 7) is 0. The Bertz CT molecular complexity index is 1110. The normalized spacial score (nSPS) is 19.5. The van der Waals surface area contributed by atoms with Gasteiger partial charge < -0.3 is 9.73 Å². The Labute approximate surface area is 141 Å². The third-order valence-electron chi connectivity index (χ3n) is 4.73. The van der Waals surface area contributed by atoms with Crippen LogP contribution >= 0.6 is 0 Å². The highest BCUT2D eigenvalue weighted by Crippen LogP contribution is 2.38. The third-order valence-corrected chi connectivity index (χ3v) is 4.73. The topological polar surface area (TPSA) is 103 Å². The number of ketones is 1. The molecule has 8 heteroatoms. The molecule has 8 nitrogen and oxygen atoms in total. The van der Waals surface area contributed by atoms with Gasteiger partial charge in [0.25, 0.3) is 0 Å². The molecule has 0 saturated heterocycles. The van der Waals surface area contributed by atoms with Crippen molar-refractivity contribution in [3.8, 4) is 0 Å². The van der Waals surface area contributed by atoms with Gasteiger partial charge in [0, 0.05) is 17.7 Å². The molecule has 1 N–H and O–H groups in total. The van der Waals surface area contributed by atoms with Crippen LogP contribution in [0.25, 0.3) is 11.0 Å². The number of nitrogens with zero attached hydrogens (tertiary/aromatic N) is 4. The predicted octanol–water partition coefficient (Wildman–Crippen LogP) is 1.80. The molecule has 3 heterocycles. The highest BCUT2D eigenvalue weighted by atomic mass is 16.3. The second-order valence-electron chi connectivity index (χ2n) is 6.16. The van der Waals surface area contributed by atoms with Crippen molar-refractivity contribution in [1.82, 2.24) is 20.2 Å². The molecule has 0 spiro atoms. The first-order valence-electron chi connectivity index (χ1n) is 8.05. The number of nitrogens with one attached hydrogen (secondary N) is 1. The summed E-state index contributed by atoms with van der Waals surface area (Å²) in [5.74, 6) is 0.429. The number of hydrogen-bond acceptors (Lipinski definition) is 7. The van der Waals surface area contributed by atoms with Crippen LogP contribution in [0.15, 0.2) is 51.0 Å². The van der Waals surface area contributed by atoms with Gasteiger partial charge in [-0.05, 0) is 35.4 Å². The molecule has 0 saturated carbocycles. The van der Waals surface area contributed by atoms with Gasteiger partial charge in [-0.1, -0.05) is 17.2 Å². The lowest BCUT2D eigenvalue weighted by molar-refractivity contribution is -0.116. The third kappa shape index (κ3) is 1.97. The second kappa shape index (κ2) is 5.10. The maximum absolute atomic E-state index is 13.0. The van der Waals surface area contributed by atoms with E-state index in [0.717, 1.165) is 18.5 Å². The van der Waals surface area contributed by atoms with E-state index >= 15 is 0 Å². The van der Waals surface area contributed by atoms with E-state index in [1.807, 2.05) is 0 Å². The number of rotatable bonds is 1. The summed E-state index contributed by atoms with van der Waals surface area (Å²) in [7, 11) is 0. The number of carbonyl (C=O) groups is 1. The van der Waals surface area contributed by atoms with Gasteiger partial charge in [0.05, 0.1) is 10.9 Å². The van der Waals surface area contributed by atoms with Crippen LogP contribution in [0, 0.1) is 0 Å². The molecule has 2 aliphatic rings. The largest absolute Gasteiger partial charge is 0.464 e. The van der Waals surface area contributed by atoms with Crippen molar-refractivity contribution in [2.45, 2.75) is 25.3 Å². The Morgan fingerprint density at radius 3 is 3.00 bits per heavy atom. The summed E-state index contributed by atoms with van der Waals surface area (Å²) in [6, 6.07) is 6.37. The molecule has 3 aromatic rings. The quantitative estimate of drug-likeness (QED) is 0.723. The van der Waals surface area contributed by atoms with Crippen molar-refractivity contribution in [2.75, 3.05) is 5.32 Å². The number of para-hydroxylation sites is 1. The summed E-state index contributed by atoms with van der Waals surface area (Å²) in [4.78, 5) is 25.7. The average molecular weight is 335 g/mol. The number of tetrazole rings is 1. The lowest BCUT2D eigenvalue weighted by atomic mass is 9.86. The van der Waals surface area contributed by atoms with E-state index in [4.69, 9.17) is 4.42 Å². The number of anilines is 1. The van der Waals surface area contributed by atoms with E-state index in [2.05, 4.69) is 20.8 Å². The van der Waals surface area contributed by atoms with Crippen LogP contribution in [-0.4, -0.2) is 26.0 Å².